The summed E-state index contributed by atoms with van der Waals surface area (Å²) in [5.41, 5.74) is 0.554. The predicted molar refractivity (Wildman–Crippen MR) is 83.0 cm³/mol. The molecule has 5 nitrogen and oxygen atoms in total. The van der Waals surface area contributed by atoms with Crippen LogP contribution in [0.4, 0.5) is 0 Å². The van der Waals surface area contributed by atoms with Gasteiger partial charge in [0.1, 0.15) is 0 Å². The number of nitrogens with zero attached hydrogens (tertiary/aromatic N) is 1. The molecule has 0 radical (unpaired) electrons. The van der Waals surface area contributed by atoms with Gasteiger partial charge in [0.25, 0.3) is 5.91 Å². The second kappa shape index (κ2) is 7.13. The molecule has 21 heavy (non-hydrogen) atoms. The number of likely N-dealkylation sites (tertiary alicyclic amines) is 1. The predicted octanol–water partition coefficient (Wildman–Crippen LogP) is 2.45. The van der Waals surface area contributed by atoms with Gasteiger partial charge in [-0.05, 0) is 47.8 Å². The summed E-state index contributed by atoms with van der Waals surface area (Å²) >= 11 is 3.43. The highest BCUT2D eigenvalue weighted by Gasteiger charge is 2.24. The number of carbonyl (C=O) groups is 1. The van der Waals surface area contributed by atoms with Crippen molar-refractivity contribution in [1.29, 1.82) is 0 Å². The third-order valence-corrected chi connectivity index (χ3v) is 4.11. The fourth-order valence-corrected chi connectivity index (χ4v) is 2.94. The minimum absolute atomic E-state index is 0.0519. The van der Waals surface area contributed by atoms with E-state index in [1.165, 1.54) is 0 Å². The molecule has 0 unspecified atom stereocenters. The van der Waals surface area contributed by atoms with Gasteiger partial charge in [0.15, 0.2) is 11.5 Å². The molecule has 1 fully saturated rings. The van der Waals surface area contributed by atoms with Gasteiger partial charge in [-0.3, -0.25) is 4.79 Å². The summed E-state index contributed by atoms with van der Waals surface area (Å²) in [7, 11) is 1.55. The van der Waals surface area contributed by atoms with Crippen LogP contribution >= 0.6 is 15.9 Å². The summed E-state index contributed by atoms with van der Waals surface area (Å²) < 4.78 is 11.5. The highest BCUT2D eigenvalue weighted by atomic mass is 79.9. The minimum Gasteiger partial charge on any atom is -0.493 e. The molecule has 0 atom stereocenters. The van der Waals surface area contributed by atoms with Gasteiger partial charge in [-0.15, -0.1) is 0 Å². The summed E-state index contributed by atoms with van der Waals surface area (Å²) in [5.74, 6) is 1.08. The molecule has 1 amide bonds. The molecule has 2 rings (SSSR count). The van der Waals surface area contributed by atoms with Crippen molar-refractivity contribution in [3.63, 3.8) is 0 Å². The Morgan fingerprint density at radius 3 is 2.67 bits per heavy atom. The molecule has 1 heterocycles. The van der Waals surface area contributed by atoms with Crippen molar-refractivity contribution >= 4 is 21.8 Å². The van der Waals surface area contributed by atoms with E-state index in [0.29, 0.717) is 54.1 Å². The Labute approximate surface area is 133 Å². The maximum absolute atomic E-state index is 12.5. The first-order valence-corrected chi connectivity index (χ1v) is 7.83. The first-order chi connectivity index (χ1) is 10.1. The number of carbonyl (C=O) groups excluding carboxylic acids is 1. The van der Waals surface area contributed by atoms with Gasteiger partial charge in [0.2, 0.25) is 0 Å². The third kappa shape index (κ3) is 3.68. The van der Waals surface area contributed by atoms with Crippen LogP contribution in [-0.2, 0) is 0 Å². The highest BCUT2D eigenvalue weighted by Crippen LogP contribution is 2.37. The first-order valence-electron chi connectivity index (χ1n) is 7.04. The lowest BCUT2D eigenvalue weighted by molar-refractivity contribution is 0.0546. The van der Waals surface area contributed by atoms with E-state index < -0.39 is 0 Å². The summed E-state index contributed by atoms with van der Waals surface area (Å²) in [6.07, 6.45) is 0.956. The molecule has 1 aromatic carbocycles. The van der Waals surface area contributed by atoms with Crippen molar-refractivity contribution in [3.05, 3.63) is 22.2 Å². The van der Waals surface area contributed by atoms with E-state index >= 15 is 0 Å². The second-order valence-electron chi connectivity index (χ2n) is 4.95. The lowest BCUT2D eigenvalue weighted by Gasteiger charge is -2.29. The van der Waals surface area contributed by atoms with Crippen LogP contribution in [0, 0.1) is 0 Å². The van der Waals surface area contributed by atoms with Crippen LogP contribution in [0.1, 0.15) is 30.1 Å². The molecule has 1 aliphatic rings. The van der Waals surface area contributed by atoms with Crippen molar-refractivity contribution < 1.29 is 19.4 Å². The molecular weight excluding hydrogens is 338 g/mol. The lowest BCUT2D eigenvalue weighted by atomic mass is 10.1. The number of aliphatic hydroxyl groups is 1. The van der Waals surface area contributed by atoms with E-state index in [4.69, 9.17) is 9.47 Å². The Hall–Kier alpha value is -1.27. The minimum atomic E-state index is -0.296. The first kappa shape index (κ1) is 16.1. The van der Waals surface area contributed by atoms with Gasteiger partial charge in [-0.1, -0.05) is 0 Å². The molecular formula is C15H20BrNO4. The molecule has 0 spiro atoms. The molecule has 0 saturated carbocycles. The van der Waals surface area contributed by atoms with Gasteiger partial charge in [0, 0.05) is 18.7 Å². The highest BCUT2D eigenvalue weighted by molar-refractivity contribution is 9.10. The van der Waals surface area contributed by atoms with Crippen LogP contribution in [0.15, 0.2) is 16.6 Å². The fraction of sp³-hybridized carbons (Fsp3) is 0.533. The van der Waals surface area contributed by atoms with Crippen LogP contribution in [0.2, 0.25) is 0 Å². The molecule has 1 N–H and O–H groups in total. The van der Waals surface area contributed by atoms with Crippen molar-refractivity contribution in [2.75, 3.05) is 26.8 Å². The zero-order valence-corrected chi connectivity index (χ0v) is 13.9. The summed E-state index contributed by atoms with van der Waals surface area (Å²) in [4.78, 5) is 14.3. The van der Waals surface area contributed by atoms with Gasteiger partial charge < -0.3 is 19.5 Å². The van der Waals surface area contributed by atoms with Gasteiger partial charge in [-0.25, -0.2) is 0 Å². The van der Waals surface area contributed by atoms with Crippen LogP contribution in [-0.4, -0.2) is 48.8 Å². The van der Waals surface area contributed by atoms with E-state index in [1.54, 1.807) is 24.1 Å². The molecule has 116 valence electrons. The van der Waals surface area contributed by atoms with Crippen LogP contribution < -0.4 is 9.47 Å². The number of piperidine rings is 1. The Kier molecular flexibility index (Phi) is 5.47. The number of benzene rings is 1. The lowest BCUT2D eigenvalue weighted by Crippen LogP contribution is -2.40. The maximum atomic E-state index is 12.5. The third-order valence-electron chi connectivity index (χ3n) is 3.52. The smallest absolute Gasteiger partial charge is 0.254 e. The molecule has 0 aromatic heterocycles. The number of hydrogen-bond donors (Lipinski definition) is 1. The Morgan fingerprint density at radius 2 is 2.10 bits per heavy atom. The van der Waals surface area contributed by atoms with E-state index in [0.717, 1.165) is 0 Å². The Bertz CT molecular complexity index is 513. The van der Waals surface area contributed by atoms with E-state index in [2.05, 4.69) is 15.9 Å². The molecule has 1 saturated heterocycles. The van der Waals surface area contributed by atoms with E-state index in [-0.39, 0.29) is 12.0 Å². The van der Waals surface area contributed by atoms with Crippen molar-refractivity contribution in [1.82, 2.24) is 4.90 Å². The van der Waals surface area contributed by atoms with Crippen molar-refractivity contribution in [2.45, 2.75) is 25.9 Å². The number of halogens is 1. The molecule has 1 aliphatic heterocycles. The largest absolute Gasteiger partial charge is 0.493 e. The van der Waals surface area contributed by atoms with Crippen molar-refractivity contribution in [2.24, 2.45) is 0 Å². The quantitative estimate of drug-likeness (QED) is 0.898. The van der Waals surface area contributed by atoms with E-state index in [9.17, 15) is 9.90 Å². The average Bonchev–Trinajstić information content (AvgIpc) is 2.49. The topological polar surface area (TPSA) is 59.0 Å². The van der Waals surface area contributed by atoms with Crippen LogP contribution in [0.25, 0.3) is 0 Å². The number of ether oxygens (including phenoxy) is 2. The van der Waals surface area contributed by atoms with Crippen LogP contribution in [0.3, 0.4) is 0 Å². The summed E-state index contributed by atoms with van der Waals surface area (Å²) in [6.45, 7) is 3.57. The summed E-state index contributed by atoms with van der Waals surface area (Å²) in [5, 5.41) is 9.52. The van der Waals surface area contributed by atoms with E-state index in [1.807, 2.05) is 6.92 Å². The number of rotatable bonds is 4. The number of methoxy groups -OCH3 is 1. The monoisotopic (exact) mass is 357 g/mol. The number of aliphatic hydroxyl groups excluding tert-OH is 1. The molecule has 6 heteroatoms. The Morgan fingerprint density at radius 1 is 1.43 bits per heavy atom. The molecule has 1 aromatic rings. The maximum Gasteiger partial charge on any atom is 0.254 e. The second-order valence-corrected chi connectivity index (χ2v) is 5.80. The Balaban J connectivity index is 2.23. The van der Waals surface area contributed by atoms with Gasteiger partial charge >= 0.3 is 0 Å². The van der Waals surface area contributed by atoms with Gasteiger partial charge in [0.05, 0.1) is 24.3 Å². The number of amides is 1. The summed E-state index contributed by atoms with van der Waals surface area (Å²) in [6, 6.07) is 3.45. The average molecular weight is 358 g/mol. The molecule has 0 aliphatic carbocycles. The number of hydrogen-bond acceptors (Lipinski definition) is 4. The van der Waals surface area contributed by atoms with Crippen molar-refractivity contribution in [3.8, 4) is 11.5 Å². The molecule has 0 bridgehead atoms. The standard InChI is InChI=1S/C15H20BrNO4/c1-3-21-14-12(16)8-10(9-13(14)20-2)15(19)17-6-4-11(18)5-7-17/h8-9,11,18H,3-7H2,1-2H3. The van der Waals surface area contributed by atoms with Gasteiger partial charge in [-0.2, -0.15) is 0 Å². The normalized spacial score (nSPS) is 15.9. The fourth-order valence-electron chi connectivity index (χ4n) is 2.38. The zero-order valence-electron chi connectivity index (χ0n) is 12.3. The SMILES string of the molecule is CCOc1c(Br)cc(C(=O)N2CCC(O)CC2)cc1OC. The zero-order chi connectivity index (χ0) is 15.4. The van der Waals surface area contributed by atoms with Crippen LogP contribution in [0.5, 0.6) is 11.5 Å².